The summed E-state index contributed by atoms with van der Waals surface area (Å²) in [6.07, 6.45) is 1.20. The van der Waals surface area contributed by atoms with Crippen LogP contribution in [0.15, 0.2) is 47.4 Å². The maximum atomic E-state index is 13.0. The van der Waals surface area contributed by atoms with E-state index in [0.717, 1.165) is 18.1 Å². The summed E-state index contributed by atoms with van der Waals surface area (Å²) in [5.74, 6) is -0.140. The molecule has 0 saturated heterocycles. The number of anilines is 1. The predicted molar refractivity (Wildman–Crippen MR) is 128 cm³/mol. The van der Waals surface area contributed by atoms with Crippen LogP contribution in [0.3, 0.4) is 0 Å². The van der Waals surface area contributed by atoms with Gasteiger partial charge in [0.15, 0.2) is 15.9 Å². The Morgan fingerprint density at radius 2 is 1.67 bits per heavy atom. The Balaban J connectivity index is 1.83. The molecule has 1 aliphatic heterocycles. The van der Waals surface area contributed by atoms with E-state index in [2.05, 4.69) is 5.32 Å². The van der Waals surface area contributed by atoms with Crippen LogP contribution in [0.1, 0.15) is 44.9 Å². The first-order chi connectivity index (χ1) is 15.1. The lowest BCUT2D eigenvalue weighted by atomic mass is 9.86. The largest absolute Gasteiger partial charge is 0.476 e. The van der Waals surface area contributed by atoms with Crippen molar-refractivity contribution in [2.75, 3.05) is 23.4 Å². The van der Waals surface area contributed by atoms with Gasteiger partial charge in [-0.3, -0.25) is 9.10 Å². The Morgan fingerprint density at radius 3 is 2.18 bits per heavy atom. The highest BCUT2D eigenvalue weighted by Crippen LogP contribution is 2.38. The molecule has 0 radical (unpaired) electrons. The SMILES string of the molecule is CC(NC(=O)C1CN(S(C)(=O)=O)c2cc(C(C)(C)C)ccc2O1)c1ccc(S(C)(=O)=O)cc1. The summed E-state index contributed by atoms with van der Waals surface area (Å²) in [5.41, 5.74) is 1.89. The summed E-state index contributed by atoms with van der Waals surface area (Å²) in [6.45, 7) is 7.70. The number of nitrogens with zero attached hydrogens (tertiary/aromatic N) is 1. The minimum absolute atomic E-state index is 0.148. The van der Waals surface area contributed by atoms with Crippen molar-refractivity contribution in [2.24, 2.45) is 0 Å². The minimum atomic E-state index is -3.65. The van der Waals surface area contributed by atoms with Crippen LogP contribution < -0.4 is 14.4 Å². The van der Waals surface area contributed by atoms with Gasteiger partial charge in [0.25, 0.3) is 5.91 Å². The number of rotatable bonds is 5. The van der Waals surface area contributed by atoms with Crippen molar-refractivity contribution < 1.29 is 26.4 Å². The number of nitrogens with one attached hydrogen (secondary N) is 1. The van der Waals surface area contributed by atoms with E-state index in [9.17, 15) is 21.6 Å². The molecule has 180 valence electrons. The van der Waals surface area contributed by atoms with Crippen molar-refractivity contribution in [1.82, 2.24) is 5.32 Å². The van der Waals surface area contributed by atoms with E-state index in [-0.39, 0.29) is 16.9 Å². The van der Waals surface area contributed by atoms with E-state index in [0.29, 0.717) is 17.0 Å². The highest BCUT2D eigenvalue weighted by atomic mass is 32.2. The summed E-state index contributed by atoms with van der Waals surface area (Å²) >= 11 is 0. The van der Waals surface area contributed by atoms with Crippen molar-refractivity contribution in [3.05, 3.63) is 53.6 Å². The van der Waals surface area contributed by atoms with Crippen LogP contribution in [0.25, 0.3) is 0 Å². The van der Waals surface area contributed by atoms with Gasteiger partial charge in [-0.1, -0.05) is 39.0 Å². The number of sulfone groups is 1. The first-order valence-electron chi connectivity index (χ1n) is 10.5. The fourth-order valence-corrected chi connectivity index (χ4v) is 5.10. The van der Waals surface area contributed by atoms with E-state index < -0.39 is 37.9 Å². The average molecular weight is 495 g/mol. The first kappa shape index (κ1) is 25.0. The highest BCUT2D eigenvalue weighted by molar-refractivity contribution is 7.92. The number of carbonyl (C=O) groups excluding carboxylic acids is 1. The molecule has 2 aromatic rings. The number of hydrogen-bond acceptors (Lipinski definition) is 6. The van der Waals surface area contributed by atoms with Crippen LogP contribution >= 0.6 is 0 Å². The number of ether oxygens (including phenoxy) is 1. The Labute approximate surface area is 195 Å². The van der Waals surface area contributed by atoms with Gasteiger partial charge in [-0.25, -0.2) is 16.8 Å². The van der Waals surface area contributed by atoms with Gasteiger partial charge in [0.2, 0.25) is 10.0 Å². The number of carbonyl (C=O) groups is 1. The summed E-state index contributed by atoms with van der Waals surface area (Å²) in [4.78, 5) is 13.2. The van der Waals surface area contributed by atoms with Crippen LogP contribution in [0, 0.1) is 0 Å². The summed E-state index contributed by atoms with van der Waals surface area (Å²) in [6, 6.07) is 11.1. The van der Waals surface area contributed by atoms with Crippen LogP contribution in [0.2, 0.25) is 0 Å². The number of fused-ring (bicyclic) bond motifs is 1. The van der Waals surface area contributed by atoms with Crippen LogP contribution in [0.4, 0.5) is 5.69 Å². The van der Waals surface area contributed by atoms with Crippen LogP contribution in [-0.4, -0.2) is 47.9 Å². The standard InChI is InChI=1S/C23H30N2O6S2/c1-15(16-7-10-18(11-8-16)32(5,27)28)24-22(26)21-14-25(33(6,29)30)19-13-17(23(2,3)4)9-12-20(19)31-21/h7-13,15,21H,14H2,1-6H3,(H,24,26). The molecule has 0 aliphatic carbocycles. The van der Waals surface area contributed by atoms with Gasteiger partial charge in [0.1, 0.15) is 5.75 Å². The van der Waals surface area contributed by atoms with Gasteiger partial charge in [-0.15, -0.1) is 0 Å². The fraction of sp³-hybridized carbons (Fsp3) is 0.435. The van der Waals surface area contributed by atoms with Crippen LogP contribution in [-0.2, 0) is 30.1 Å². The molecule has 0 fully saturated rings. The third kappa shape index (κ3) is 5.67. The molecule has 1 N–H and O–H groups in total. The van der Waals surface area contributed by atoms with Gasteiger partial charge in [-0.2, -0.15) is 0 Å². The lowest BCUT2D eigenvalue weighted by molar-refractivity contribution is -0.128. The Kier molecular flexibility index (Phi) is 6.56. The molecule has 0 aromatic heterocycles. The van der Waals surface area contributed by atoms with E-state index in [1.165, 1.54) is 16.4 Å². The second kappa shape index (κ2) is 8.64. The second-order valence-corrected chi connectivity index (χ2v) is 13.3. The van der Waals surface area contributed by atoms with Gasteiger partial charge in [0, 0.05) is 6.26 Å². The molecular weight excluding hydrogens is 464 g/mol. The Morgan fingerprint density at radius 1 is 1.06 bits per heavy atom. The van der Waals surface area contributed by atoms with Gasteiger partial charge in [-0.05, 0) is 47.7 Å². The Bertz CT molecular complexity index is 1260. The monoisotopic (exact) mass is 494 g/mol. The Hall–Kier alpha value is -2.59. The van der Waals surface area contributed by atoms with Crippen molar-refractivity contribution >= 4 is 31.5 Å². The molecule has 8 nitrogen and oxygen atoms in total. The maximum absolute atomic E-state index is 13.0. The van der Waals surface area contributed by atoms with E-state index in [1.54, 1.807) is 31.2 Å². The molecule has 0 spiro atoms. The third-order valence-corrected chi connectivity index (χ3v) is 7.83. The fourth-order valence-electron chi connectivity index (χ4n) is 3.56. The minimum Gasteiger partial charge on any atom is -0.476 e. The molecule has 33 heavy (non-hydrogen) atoms. The van der Waals surface area contributed by atoms with Crippen molar-refractivity contribution in [3.63, 3.8) is 0 Å². The molecule has 10 heteroatoms. The predicted octanol–water partition coefficient (Wildman–Crippen LogP) is 2.79. The number of sulfonamides is 1. The van der Waals surface area contributed by atoms with Gasteiger partial charge >= 0.3 is 0 Å². The van der Waals surface area contributed by atoms with Crippen LogP contribution in [0.5, 0.6) is 5.75 Å². The van der Waals surface area contributed by atoms with Crippen molar-refractivity contribution in [1.29, 1.82) is 0 Å². The lowest BCUT2D eigenvalue weighted by Crippen LogP contribution is -2.50. The normalized spacial score (nSPS) is 17.6. The molecule has 2 aromatic carbocycles. The maximum Gasteiger partial charge on any atom is 0.263 e. The first-order valence-corrected chi connectivity index (χ1v) is 14.2. The zero-order valence-electron chi connectivity index (χ0n) is 19.6. The molecule has 1 heterocycles. The molecule has 0 bridgehead atoms. The topological polar surface area (TPSA) is 110 Å². The zero-order valence-corrected chi connectivity index (χ0v) is 21.2. The average Bonchev–Trinajstić information content (AvgIpc) is 2.70. The van der Waals surface area contributed by atoms with Gasteiger partial charge in [0.05, 0.1) is 29.4 Å². The molecule has 2 atom stereocenters. The van der Waals surface area contributed by atoms with E-state index in [1.807, 2.05) is 26.8 Å². The summed E-state index contributed by atoms with van der Waals surface area (Å²) < 4.78 is 55.4. The van der Waals surface area contributed by atoms with Gasteiger partial charge < -0.3 is 10.1 Å². The number of benzene rings is 2. The summed E-state index contributed by atoms with van der Waals surface area (Å²) in [7, 11) is -6.97. The smallest absolute Gasteiger partial charge is 0.263 e. The number of amides is 1. The number of hydrogen-bond donors (Lipinski definition) is 1. The lowest BCUT2D eigenvalue weighted by Gasteiger charge is -2.35. The molecule has 1 aliphatic rings. The molecule has 2 unspecified atom stereocenters. The summed E-state index contributed by atoms with van der Waals surface area (Å²) in [5, 5.41) is 2.83. The zero-order chi connectivity index (χ0) is 24.8. The molecule has 0 saturated carbocycles. The highest BCUT2D eigenvalue weighted by Gasteiger charge is 2.36. The molecular formula is C23H30N2O6S2. The molecule has 3 rings (SSSR count). The third-order valence-electron chi connectivity index (χ3n) is 5.55. The van der Waals surface area contributed by atoms with Crippen molar-refractivity contribution in [3.8, 4) is 5.75 Å². The van der Waals surface area contributed by atoms with Crippen molar-refractivity contribution in [2.45, 2.75) is 50.2 Å². The second-order valence-electron chi connectivity index (χ2n) is 9.40. The van der Waals surface area contributed by atoms with E-state index in [4.69, 9.17) is 4.74 Å². The van der Waals surface area contributed by atoms with E-state index >= 15 is 0 Å². The quantitative estimate of drug-likeness (QED) is 0.685. The molecule has 1 amide bonds.